The fourth-order valence-electron chi connectivity index (χ4n) is 4.65. The highest BCUT2D eigenvalue weighted by Gasteiger charge is 2.32. The number of unbranched alkanes of at least 4 members (excludes halogenated alkanes) is 2. The summed E-state index contributed by atoms with van der Waals surface area (Å²) < 4.78 is 0. The fraction of sp³-hybridized carbons (Fsp3) is 0.615. The van der Waals surface area contributed by atoms with E-state index in [0.29, 0.717) is 22.6 Å². The van der Waals surface area contributed by atoms with Gasteiger partial charge in [0, 0.05) is 22.3 Å². The Kier molecular flexibility index (Phi) is 8.66. The van der Waals surface area contributed by atoms with Crippen molar-refractivity contribution in [3.05, 3.63) is 46.5 Å². The number of hydrogen-bond donors (Lipinski definition) is 0. The van der Waals surface area contributed by atoms with Crippen molar-refractivity contribution in [3.8, 4) is 0 Å². The average molecular weight is 383 g/mol. The summed E-state index contributed by atoms with van der Waals surface area (Å²) in [5.41, 5.74) is 2.52. The highest BCUT2D eigenvalue weighted by molar-refractivity contribution is 6.26. The van der Waals surface area contributed by atoms with Crippen molar-refractivity contribution in [2.45, 2.75) is 86.0 Å². The Bertz CT molecular complexity index is 713. The Morgan fingerprint density at radius 1 is 0.786 bits per heavy atom. The third-order valence-corrected chi connectivity index (χ3v) is 6.35. The van der Waals surface area contributed by atoms with Gasteiger partial charge in [0.15, 0.2) is 11.6 Å². The molecule has 0 amide bonds. The lowest BCUT2D eigenvalue weighted by atomic mass is 9.77. The van der Waals surface area contributed by atoms with E-state index < -0.39 is 0 Å². The first-order valence-electron chi connectivity index (χ1n) is 11.3. The second-order valence-corrected chi connectivity index (χ2v) is 9.02. The summed E-state index contributed by atoms with van der Waals surface area (Å²) in [5.74, 6) is 1.58. The van der Waals surface area contributed by atoms with E-state index in [2.05, 4.69) is 27.7 Å². The van der Waals surface area contributed by atoms with Gasteiger partial charge in [-0.3, -0.25) is 9.59 Å². The van der Waals surface area contributed by atoms with Gasteiger partial charge in [-0.2, -0.15) is 0 Å². The number of carbonyl (C=O) groups excluding carboxylic acids is 2. The number of fused-ring (bicyclic) bond motifs is 1. The number of rotatable bonds is 11. The topological polar surface area (TPSA) is 34.1 Å². The highest BCUT2D eigenvalue weighted by atomic mass is 16.1. The zero-order valence-corrected chi connectivity index (χ0v) is 18.5. The van der Waals surface area contributed by atoms with Crippen molar-refractivity contribution in [1.29, 1.82) is 0 Å². The molecular formula is C26H38O2. The maximum Gasteiger partial charge on any atom is 0.190 e. The van der Waals surface area contributed by atoms with E-state index in [1.807, 2.05) is 19.1 Å². The van der Waals surface area contributed by atoms with Crippen LogP contribution >= 0.6 is 0 Å². The first-order chi connectivity index (χ1) is 13.4. The molecule has 2 heteroatoms. The van der Waals surface area contributed by atoms with Crippen molar-refractivity contribution in [2.24, 2.45) is 17.8 Å². The Balaban J connectivity index is 1.90. The molecule has 2 nitrogen and oxygen atoms in total. The number of hydrogen-bond acceptors (Lipinski definition) is 2. The van der Waals surface area contributed by atoms with Crippen LogP contribution in [0.2, 0.25) is 0 Å². The number of ketones is 2. The number of carbonyl (C=O) groups is 2. The van der Waals surface area contributed by atoms with E-state index >= 15 is 0 Å². The molecule has 0 N–H and O–H groups in total. The molecule has 28 heavy (non-hydrogen) atoms. The number of benzene rings is 1. The molecule has 0 saturated heterocycles. The molecule has 0 aliphatic heterocycles. The minimum atomic E-state index is 0.0191. The van der Waals surface area contributed by atoms with Crippen LogP contribution in [-0.2, 0) is 0 Å². The van der Waals surface area contributed by atoms with Crippen LogP contribution in [0.4, 0.5) is 0 Å². The molecule has 1 aliphatic carbocycles. The Labute approximate surface area is 171 Å². The minimum absolute atomic E-state index is 0.0191. The maximum atomic E-state index is 13.0. The monoisotopic (exact) mass is 382 g/mol. The smallest absolute Gasteiger partial charge is 0.190 e. The van der Waals surface area contributed by atoms with Crippen molar-refractivity contribution in [2.75, 3.05) is 0 Å². The molecule has 0 heterocycles. The Morgan fingerprint density at radius 2 is 1.36 bits per heavy atom. The zero-order valence-electron chi connectivity index (χ0n) is 18.5. The molecule has 0 aromatic heterocycles. The quantitative estimate of drug-likeness (QED) is 0.373. The van der Waals surface area contributed by atoms with Crippen molar-refractivity contribution < 1.29 is 9.59 Å². The van der Waals surface area contributed by atoms with Gasteiger partial charge in [-0.05, 0) is 31.1 Å². The van der Waals surface area contributed by atoms with E-state index in [-0.39, 0.29) is 17.5 Å². The molecule has 1 aliphatic rings. The van der Waals surface area contributed by atoms with Gasteiger partial charge in [0.05, 0.1) is 0 Å². The lowest BCUT2D eigenvalue weighted by molar-refractivity contribution is 0.0964. The first-order valence-corrected chi connectivity index (χ1v) is 11.3. The molecule has 1 aromatic rings. The van der Waals surface area contributed by atoms with Gasteiger partial charge in [-0.15, -0.1) is 0 Å². The summed E-state index contributed by atoms with van der Waals surface area (Å²) >= 11 is 0. The summed E-state index contributed by atoms with van der Waals surface area (Å²) in [5, 5.41) is 0. The van der Waals surface area contributed by atoms with Crippen LogP contribution in [-0.4, -0.2) is 11.6 Å². The number of allylic oxidation sites excluding steroid dienone is 2. The van der Waals surface area contributed by atoms with Gasteiger partial charge in [0.25, 0.3) is 0 Å². The lowest BCUT2D eigenvalue weighted by Crippen LogP contribution is -2.25. The molecule has 2 rings (SSSR count). The van der Waals surface area contributed by atoms with E-state index in [0.717, 1.165) is 17.9 Å². The van der Waals surface area contributed by atoms with Crippen LogP contribution in [0.25, 0.3) is 0 Å². The maximum absolute atomic E-state index is 13.0. The van der Waals surface area contributed by atoms with Crippen molar-refractivity contribution >= 4 is 11.6 Å². The second-order valence-electron chi connectivity index (χ2n) is 9.02. The van der Waals surface area contributed by atoms with Gasteiger partial charge in [-0.1, -0.05) is 96.9 Å². The van der Waals surface area contributed by atoms with Crippen LogP contribution in [0.1, 0.15) is 107 Å². The molecule has 0 saturated carbocycles. The van der Waals surface area contributed by atoms with Crippen LogP contribution in [0, 0.1) is 17.8 Å². The summed E-state index contributed by atoms with van der Waals surface area (Å²) in [7, 11) is 0. The van der Waals surface area contributed by atoms with E-state index in [9.17, 15) is 9.59 Å². The molecule has 3 atom stereocenters. The molecular weight excluding hydrogens is 344 g/mol. The summed E-state index contributed by atoms with van der Waals surface area (Å²) in [6.07, 6.45) is 10.1. The summed E-state index contributed by atoms with van der Waals surface area (Å²) in [6, 6.07) is 7.23. The second kappa shape index (κ2) is 10.7. The van der Waals surface area contributed by atoms with Crippen LogP contribution in [0.3, 0.4) is 0 Å². The predicted octanol–water partition coefficient (Wildman–Crippen LogP) is 7.43. The van der Waals surface area contributed by atoms with Crippen LogP contribution in [0.5, 0.6) is 0 Å². The predicted molar refractivity (Wildman–Crippen MR) is 118 cm³/mol. The lowest BCUT2D eigenvalue weighted by Gasteiger charge is -2.25. The normalized spacial score (nSPS) is 17.5. The SMILES string of the molecule is CCCCCC(C)CCCC(C)CC(C)C1=C(C)C(=O)c2ccccc2C1=O. The highest BCUT2D eigenvalue weighted by Crippen LogP contribution is 2.33. The van der Waals surface area contributed by atoms with Crippen molar-refractivity contribution in [3.63, 3.8) is 0 Å². The van der Waals surface area contributed by atoms with Crippen LogP contribution in [0.15, 0.2) is 35.4 Å². The minimum Gasteiger partial charge on any atom is -0.289 e. The average Bonchev–Trinajstić information content (AvgIpc) is 2.66. The Hall–Kier alpha value is -1.70. The number of Topliss-reactive ketones (excluding diaryl/α,β-unsaturated/α-hetero) is 2. The van der Waals surface area contributed by atoms with E-state index in [1.54, 1.807) is 12.1 Å². The summed E-state index contributed by atoms with van der Waals surface area (Å²) in [4.78, 5) is 25.7. The first kappa shape index (κ1) is 22.6. The van der Waals surface area contributed by atoms with E-state index in [4.69, 9.17) is 0 Å². The molecule has 3 unspecified atom stereocenters. The van der Waals surface area contributed by atoms with E-state index in [1.165, 1.54) is 44.9 Å². The van der Waals surface area contributed by atoms with Gasteiger partial charge in [0.1, 0.15) is 0 Å². The molecule has 154 valence electrons. The van der Waals surface area contributed by atoms with Gasteiger partial charge >= 0.3 is 0 Å². The van der Waals surface area contributed by atoms with Gasteiger partial charge < -0.3 is 0 Å². The molecule has 0 bridgehead atoms. The summed E-state index contributed by atoms with van der Waals surface area (Å²) in [6.45, 7) is 10.9. The Morgan fingerprint density at radius 3 is 2.00 bits per heavy atom. The molecule has 0 radical (unpaired) electrons. The van der Waals surface area contributed by atoms with Gasteiger partial charge in [0.2, 0.25) is 0 Å². The molecule has 1 aromatic carbocycles. The van der Waals surface area contributed by atoms with Gasteiger partial charge in [-0.25, -0.2) is 0 Å². The molecule has 0 fully saturated rings. The largest absolute Gasteiger partial charge is 0.289 e. The van der Waals surface area contributed by atoms with Crippen molar-refractivity contribution in [1.82, 2.24) is 0 Å². The third kappa shape index (κ3) is 5.65. The zero-order chi connectivity index (χ0) is 20.7. The fourth-order valence-corrected chi connectivity index (χ4v) is 4.65. The molecule has 0 spiro atoms. The third-order valence-electron chi connectivity index (χ3n) is 6.35. The standard InChI is InChI=1S/C26H38O2/c1-6-7-8-12-18(2)13-11-14-19(3)17-20(4)24-21(5)25(27)22-15-9-10-16-23(22)26(24)28/h9-10,15-16,18-20H,6-8,11-14,17H2,1-5H3. The van der Waals surface area contributed by atoms with Crippen LogP contribution < -0.4 is 0 Å².